The molecule has 0 aromatic heterocycles. The molecular formula is C10H22N2O4S2. The minimum Gasteiger partial charge on any atom is -0.330 e. The second-order valence-electron chi connectivity index (χ2n) is 5.02. The predicted octanol–water partition coefficient (Wildman–Crippen LogP) is -0.534. The molecule has 1 aliphatic heterocycles. The summed E-state index contributed by atoms with van der Waals surface area (Å²) in [7, 11) is -6.50. The van der Waals surface area contributed by atoms with Gasteiger partial charge < -0.3 is 5.73 Å². The highest BCUT2D eigenvalue weighted by molar-refractivity contribution is 7.92. The number of nitrogens with two attached hydrogens (primary N) is 1. The first-order valence-electron chi connectivity index (χ1n) is 6.09. The van der Waals surface area contributed by atoms with E-state index in [1.54, 1.807) is 6.92 Å². The maximum Gasteiger partial charge on any atom is 0.214 e. The van der Waals surface area contributed by atoms with Crippen LogP contribution in [0.3, 0.4) is 0 Å². The Morgan fingerprint density at radius 2 is 1.78 bits per heavy atom. The van der Waals surface area contributed by atoms with Gasteiger partial charge in [-0.05, 0) is 32.2 Å². The van der Waals surface area contributed by atoms with Crippen LogP contribution in [0.15, 0.2) is 0 Å². The predicted molar refractivity (Wildman–Crippen MR) is 71.4 cm³/mol. The molecule has 1 heterocycles. The van der Waals surface area contributed by atoms with Crippen LogP contribution in [0.4, 0.5) is 0 Å². The van der Waals surface area contributed by atoms with Gasteiger partial charge in [0.2, 0.25) is 10.0 Å². The van der Waals surface area contributed by atoms with Crippen molar-refractivity contribution in [2.24, 2.45) is 11.7 Å². The Bertz CT molecular complexity index is 458. The molecule has 1 rings (SSSR count). The molecule has 1 fully saturated rings. The zero-order valence-corrected chi connectivity index (χ0v) is 12.4. The molecule has 0 radical (unpaired) electrons. The van der Waals surface area contributed by atoms with Gasteiger partial charge in [-0.3, -0.25) is 0 Å². The van der Waals surface area contributed by atoms with Crippen molar-refractivity contribution in [2.45, 2.75) is 38.0 Å². The van der Waals surface area contributed by atoms with E-state index >= 15 is 0 Å². The number of hydrogen-bond donors (Lipinski definition) is 2. The van der Waals surface area contributed by atoms with Crippen LogP contribution in [0, 0.1) is 5.92 Å². The summed E-state index contributed by atoms with van der Waals surface area (Å²) < 4.78 is 49.3. The highest BCUT2D eigenvalue weighted by Gasteiger charge is 2.33. The monoisotopic (exact) mass is 298 g/mol. The van der Waals surface area contributed by atoms with Crippen LogP contribution in [0.2, 0.25) is 0 Å². The molecule has 3 N–H and O–H groups in total. The maximum atomic E-state index is 12.1. The van der Waals surface area contributed by atoms with Crippen molar-refractivity contribution in [3.63, 3.8) is 0 Å². The Morgan fingerprint density at radius 1 is 1.28 bits per heavy atom. The average molecular weight is 298 g/mol. The van der Waals surface area contributed by atoms with Crippen molar-refractivity contribution in [3.8, 4) is 0 Å². The lowest BCUT2D eigenvalue weighted by Crippen LogP contribution is -2.46. The first-order valence-corrected chi connectivity index (χ1v) is 9.46. The van der Waals surface area contributed by atoms with E-state index in [-0.39, 0.29) is 36.3 Å². The lowest BCUT2D eigenvalue weighted by Gasteiger charge is -2.26. The SMILES string of the molecule is CC(CN)C(C)NS(=O)(=O)C1CCS(=O)(=O)CC1. The van der Waals surface area contributed by atoms with Gasteiger partial charge in [0, 0.05) is 6.04 Å². The van der Waals surface area contributed by atoms with Crippen molar-refractivity contribution in [3.05, 3.63) is 0 Å². The summed E-state index contributed by atoms with van der Waals surface area (Å²) in [6.07, 6.45) is 0.364. The van der Waals surface area contributed by atoms with Gasteiger partial charge >= 0.3 is 0 Å². The Morgan fingerprint density at radius 3 is 2.22 bits per heavy atom. The van der Waals surface area contributed by atoms with Gasteiger partial charge in [0.1, 0.15) is 9.84 Å². The van der Waals surface area contributed by atoms with Crippen molar-refractivity contribution in [2.75, 3.05) is 18.1 Å². The van der Waals surface area contributed by atoms with Crippen molar-refractivity contribution < 1.29 is 16.8 Å². The Kier molecular flexibility index (Phi) is 5.16. The van der Waals surface area contributed by atoms with Crippen LogP contribution in [-0.4, -0.2) is 46.2 Å². The second kappa shape index (κ2) is 5.85. The molecule has 0 aromatic rings. The van der Waals surface area contributed by atoms with Crippen molar-refractivity contribution >= 4 is 19.9 Å². The molecule has 0 amide bonds. The first-order chi connectivity index (χ1) is 8.18. The topological polar surface area (TPSA) is 106 Å². The molecule has 8 heteroatoms. The largest absolute Gasteiger partial charge is 0.330 e. The van der Waals surface area contributed by atoms with E-state index in [9.17, 15) is 16.8 Å². The van der Waals surface area contributed by atoms with E-state index in [1.807, 2.05) is 6.92 Å². The van der Waals surface area contributed by atoms with Crippen LogP contribution in [0.5, 0.6) is 0 Å². The van der Waals surface area contributed by atoms with E-state index in [2.05, 4.69) is 4.72 Å². The van der Waals surface area contributed by atoms with E-state index < -0.39 is 25.1 Å². The molecule has 0 aliphatic carbocycles. The van der Waals surface area contributed by atoms with E-state index in [4.69, 9.17) is 5.73 Å². The molecule has 2 atom stereocenters. The number of sulfone groups is 1. The second-order valence-corrected chi connectivity index (χ2v) is 9.31. The lowest BCUT2D eigenvalue weighted by atomic mass is 10.1. The summed E-state index contributed by atoms with van der Waals surface area (Å²) in [6.45, 7) is 4.05. The standard InChI is InChI=1S/C10H22N2O4S2/c1-8(7-11)9(2)12-18(15,16)10-3-5-17(13,14)6-4-10/h8-10,12H,3-7,11H2,1-2H3. The number of rotatable bonds is 5. The van der Waals surface area contributed by atoms with E-state index in [0.29, 0.717) is 6.54 Å². The molecule has 108 valence electrons. The van der Waals surface area contributed by atoms with E-state index in [0.717, 1.165) is 0 Å². The molecule has 0 bridgehead atoms. The Labute approximate surface area is 109 Å². The molecule has 18 heavy (non-hydrogen) atoms. The quantitative estimate of drug-likeness (QED) is 0.709. The minimum atomic E-state index is -3.46. The highest BCUT2D eigenvalue weighted by Crippen LogP contribution is 2.19. The number of sulfonamides is 1. The van der Waals surface area contributed by atoms with Gasteiger partial charge in [-0.2, -0.15) is 0 Å². The Hall–Kier alpha value is -0.180. The van der Waals surface area contributed by atoms with Gasteiger partial charge in [0.25, 0.3) is 0 Å². The maximum absolute atomic E-state index is 12.1. The third-order valence-corrected chi connectivity index (χ3v) is 7.28. The normalized spacial score (nSPS) is 24.6. The van der Waals surface area contributed by atoms with Crippen molar-refractivity contribution in [1.82, 2.24) is 4.72 Å². The smallest absolute Gasteiger partial charge is 0.214 e. The average Bonchev–Trinajstić information content (AvgIpc) is 2.26. The van der Waals surface area contributed by atoms with Gasteiger partial charge in [-0.25, -0.2) is 21.6 Å². The number of nitrogens with one attached hydrogen (secondary N) is 1. The fourth-order valence-electron chi connectivity index (χ4n) is 1.85. The highest BCUT2D eigenvalue weighted by atomic mass is 32.2. The fourth-order valence-corrected chi connectivity index (χ4v) is 5.44. The van der Waals surface area contributed by atoms with Crippen LogP contribution in [0.1, 0.15) is 26.7 Å². The fraction of sp³-hybridized carbons (Fsp3) is 1.00. The molecule has 1 aliphatic rings. The third kappa shape index (κ3) is 4.18. The zero-order chi connectivity index (χ0) is 14.0. The molecule has 0 saturated carbocycles. The molecule has 2 unspecified atom stereocenters. The minimum absolute atomic E-state index is 0.0423. The summed E-state index contributed by atoms with van der Waals surface area (Å²) in [5.74, 6) is -0.0363. The Balaban J connectivity index is 2.65. The van der Waals surface area contributed by atoms with Gasteiger partial charge in [0.05, 0.1) is 16.8 Å². The lowest BCUT2D eigenvalue weighted by molar-refractivity contribution is 0.447. The summed E-state index contributed by atoms with van der Waals surface area (Å²) in [5, 5.41) is -0.603. The van der Waals surface area contributed by atoms with Gasteiger partial charge in [-0.1, -0.05) is 6.92 Å². The molecular weight excluding hydrogens is 276 g/mol. The molecule has 1 saturated heterocycles. The van der Waals surface area contributed by atoms with Crippen LogP contribution >= 0.6 is 0 Å². The van der Waals surface area contributed by atoms with Crippen LogP contribution < -0.4 is 10.5 Å². The third-order valence-electron chi connectivity index (χ3n) is 3.52. The summed E-state index contributed by atoms with van der Waals surface area (Å²) in [6, 6.07) is -0.237. The molecule has 6 nitrogen and oxygen atoms in total. The van der Waals surface area contributed by atoms with Crippen LogP contribution in [-0.2, 0) is 19.9 Å². The molecule has 0 spiro atoms. The number of hydrogen-bond acceptors (Lipinski definition) is 5. The zero-order valence-electron chi connectivity index (χ0n) is 10.8. The summed E-state index contributed by atoms with van der Waals surface area (Å²) in [4.78, 5) is 0. The van der Waals surface area contributed by atoms with Crippen molar-refractivity contribution in [1.29, 1.82) is 0 Å². The summed E-state index contributed by atoms with van der Waals surface area (Å²) >= 11 is 0. The first kappa shape index (κ1) is 15.9. The van der Waals surface area contributed by atoms with Gasteiger partial charge in [0.15, 0.2) is 0 Å². The summed E-state index contributed by atoms with van der Waals surface area (Å²) in [5.41, 5.74) is 5.49. The molecule has 0 aromatic carbocycles. The van der Waals surface area contributed by atoms with E-state index in [1.165, 1.54) is 0 Å². The van der Waals surface area contributed by atoms with Crippen LogP contribution in [0.25, 0.3) is 0 Å². The van der Waals surface area contributed by atoms with Gasteiger partial charge in [-0.15, -0.1) is 0 Å².